The second-order valence-corrected chi connectivity index (χ2v) is 5.45. The van der Waals surface area contributed by atoms with E-state index < -0.39 is 0 Å². The summed E-state index contributed by atoms with van der Waals surface area (Å²) in [6.45, 7) is 9.05. The Labute approximate surface area is 111 Å². The molecule has 3 unspecified atom stereocenters. The van der Waals surface area contributed by atoms with Crippen molar-refractivity contribution in [1.29, 1.82) is 0 Å². The van der Waals surface area contributed by atoms with Crippen LogP contribution in [0.4, 0.5) is 0 Å². The lowest BCUT2D eigenvalue weighted by Gasteiger charge is -2.24. The molecule has 0 saturated carbocycles. The van der Waals surface area contributed by atoms with Crippen molar-refractivity contribution in [3.8, 4) is 5.75 Å². The molecule has 0 aromatic heterocycles. The normalized spacial score (nSPS) is 16.2. The first-order chi connectivity index (χ1) is 8.52. The van der Waals surface area contributed by atoms with Gasteiger partial charge in [0.1, 0.15) is 5.75 Å². The number of benzene rings is 1. The topological polar surface area (TPSA) is 32.3 Å². The predicted molar refractivity (Wildman–Crippen MR) is 77.9 cm³/mol. The Bertz CT molecular complexity index is 333. The number of nitrogens with one attached hydrogen (secondary N) is 1. The lowest BCUT2D eigenvalue weighted by molar-refractivity contribution is 0.348. The minimum Gasteiger partial charge on any atom is -0.508 e. The van der Waals surface area contributed by atoms with E-state index in [2.05, 4.69) is 33.0 Å². The molecule has 0 radical (unpaired) electrons. The lowest BCUT2D eigenvalue weighted by atomic mass is 9.99. The van der Waals surface area contributed by atoms with E-state index in [-0.39, 0.29) is 0 Å². The van der Waals surface area contributed by atoms with Gasteiger partial charge in [0, 0.05) is 12.1 Å². The minimum atomic E-state index is 0.343. The number of hydrogen-bond donors (Lipinski definition) is 2. The van der Waals surface area contributed by atoms with E-state index in [9.17, 15) is 5.11 Å². The van der Waals surface area contributed by atoms with E-state index in [0.29, 0.717) is 17.8 Å². The van der Waals surface area contributed by atoms with Crippen LogP contribution in [0.1, 0.15) is 46.1 Å². The van der Waals surface area contributed by atoms with Crippen LogP contribution in [-0.2, 0) is 6.42 Å². The molecule has 3 atom stereocenters. The second-order valence-electron chi connectivity index (χ2n) is 5.45. The van der Waals surface area contributed by atoms with E-state index >= 15 is 0 Å². The third-order valence-electron chi connectivity index (χ3n) is 3.85. The molecule has 2 heteroatoms. The zero-order valence-corrected chi connectivity index (χ0v) is 12.1. The fraction of sp³-hybridized carbons (Fsp3) is 0.625. The Morgan fingerprint density at radius 2 is 1.72 bits per heavy atom. The quantitative estimate of drug-likeness (QED) is 0.771. The first-order valence-electron chi connectivity index (χ1n) is 7.06. The molecular formula is C16H27NO. The maximum atomic E-state index is 9.23. The van der Waals surface area contributed by atoms with E-state index in [0.717, 1.165) is 18.8 Å². The maximum absolute atomic E-state index is 9.23. The van der Waals surface area contributed by atoms with E-state index in [4.69, 9.17) is 0 Å². The summed E-state index contributed by atoms with van der Waals surface area (Å²) in [7, 11) is 0. The van der Waals surface area contributed by atoms with Gasteiger partial charge in [0.15, 0.2) is 0 Å². The number of phenolic OH excluding ortho intramolecular Hbond substituents is 1. The molecule has 0 fully saturated rings. The zero-order valence-electron chi connectivity index (χ0n) is 12.1. The number of hydrogen-bond acceptors (Lipinski definition) is 2. The standard InChI is InChI=1S/C16H27NO/c1-5-12(2)14(4)17-13(3)6-7-15-8-10-16(18)11-9-15/h8-14,17-18H,5-7H2,1-4H3. The third-order valence-corrected chi connectivity index (χ3v) is 3.85. The minimum absolute atomic E-state index is 0.343. The molecule has 0 aliphatic heterocycles. The summed E-state index contributed by atoms with van der Waals surface area (Å²) in [4.78, 5) is 0. The van der Waals surface area contributed by atoms with Crippen LogP contribution in [0.3, 0.4) is 0 Å². The van der Waals surface area contributed by atoms with Gasteiger partial charge >= 0.3 is 0 Å². The van der Waals surface area contributed by atoms with Crippen LogP contribution in [0.2, 0.25) is 0 Å². The lowest BCUT2D eigenvalue weighted by Crippen LogP contribution is -2.38. The Hall–Kier alpha value is -1.02. The van der Waals surface area contributed by atoms with Crippen LogP contribution in [0.15, 0.2) is 24.3 Å². The summed E-state index contributed by atoms with van der Waals surface area (Å²) < 4.78 is 0. The third kappa shape index (κ3) is 5.09. The van der Waals surface area contributed by atoms with Gasteiger partial charge in [0.2, 0.25) is 0 Å². The van der Waals surface area contributed by atoms with Crippen molar-refractivity contribution in [3.63, 3.8) is 0 Å². The Morgan fingerprint density at radius 3 is 2.28 bits per heavy atom. The van der Waals surface area contributed by atoms with Gasteiger partial charge in [0.05, 0.1) is 0 Å². The number of aromatic hydroxyl groups is 1. The van der Waals surface area contributed by atoms with Gasteiger partial charge in [0.25, 0.3) is 0 Å². The monoisotopic (exact) mass is 249 g/mol. The van der Waals surface area contributed by atoms with Crippen molar-refractivity contribution in [2.45, 2.75) is 59.0 Å². The Balaban J connectivity index is 2.32. The van der Waals surface area contributed by atoms with Crippen LogP contribution in [0.25, 0.3) is 0 Å². The highest BCUT2D eigenvalue weighted by molar-refractivity contribution is 5.25. The van der Waals surface area contributed by atoms with Crippen molar-refractivity contribution in [1.82, 2.24) is 5.32 Å². The maximum Gasteiger partial charge on any atom is 0.115 e. The Morgan fingerprint density at radius 1 is 1.11 bits per heavy atom. The van der Waals surface area contributed by atoms with Crippen LogP contribution in [0.5, 0.6) is 5.75 Å². The van der Waals surface area contributed by atoms with Gasteiger partial charge in [-0.3, -0.25) is 0 Å². The second kappa shape index (κ2) is 7.42. The first kappa shape index (κ1) is 15.0. The highest BCUT2D eigenvalue weighted by Crippen LogP contribution is 2.13. The molecule has 2 nitrogen and oxygen atoms in total. The summed E-state index contributed by atoms with van der Waals surface area (Å²) in [6.07, 6.45) is 3.41. The fourth-order valence-electron chi connectivity index (χ4n) is 2.10. The molecule has 0 aliphatic carbocycles. The molecule has 1 aromatic carbocycles. The number of phenols is 1. The zero-order chi connectivity index (χ0) is 13.5. The number of rotatable bonds is 7. The Kier molecular flexibility index (Phi) is 6.20. The average Bonchev–Trinajstić information content (AvgIpc) is 2.37. The van der Waals surface area contributed by atoms with Gasteiger partial charge < -0.3 is 10.4 Å². The van der Waals surface area contributed by atoms with Gasteiger partial charge in [-0.1, -0.05) is 32.4 Å². The summed E-state index contributed by atoms with van der Waals surface area (Å²) in [5, 5.41) is 12.9. The summed E-state index contributed by atoms with van der Waals surface area (Å²) in [6, 6.07) is 8.62. The molecule has 0 aliphatic rings. The molecule has 1 rings (SSSR count). The highest BCUT2D eigenvalue weighted by atomic mass is 16.3. The summed E-state index contributed by atoms with van der Waals surface area (Å²) in [5.74, 6) is 1.07. The smallest absolute Gasteiger partial charge is 0.115 e. The SMILES string of the molecule is CCC(C)C(C)NC(C)CCc1ccc(O)cc1. The molecule has 2 N–H and O–H groups in total. The fourth-order valence-corrected chi connectivity index (χ4v) is 2.10. The van der Waals surface area contributed by atoms with Crippen LogP contribution >= 0.6 is 0 Å². The number of aryl methyl sites for hydroxylation is 1. The average molecular weight is 249 g/mol. The van der Waals surface area contributed by atoms with Crippen molar-refractivity contribution < 1.29 is 5.11 Å². The first-order valence-corrected chi connectivity index (χ1v) is 7.06. The van der Waals surface area contributed by atoms with Gasteiger partial charge in [-0.05, 0) is 50.3 Å². The molecule has 1 aromatic rings. The highest BCUT2D eigenvalue weighted by Gasteiger charge is 2.12. The molecule has 0 spiro atoms. The van der Waals surface area contributed by atoms with Crippen molar-refractivity contribution in [3.05, 3.63) is 29.8 Å². The van der Waals surface area contributed by atoms with Crippen LogP contribution in [-0.4, -0.2) is 17.2 Å². The molecular weight excluding hydrogens is 222 g/mol. The van der Waals surface area contributed by atoms with Crippen molar-refractivity contribution in [2.75, 3.05) is 0 Å². The van der Waals surface area contributed by atoms with Crippen LogP contribution < -0.4 is 5.32 Å². The molecule has 102 valence electrons. The van der Waals surface area contributed by atoms with Gasteiger partial charge in [-0.25, -0.2) is 0 Å². The molecule has 0 saturated heterocycles. The summed E-state index contributed by atoms with van der Waals surface area (Å²) >= 11 is 0. The van der Waals surface area contributed by atoms with E-state index in [1.807, 2.05) is 12.1 Å². The molecule has 0 heterocycles. The molecule has 0 amide bonds. The van der Waals surface area contributed by atoms with Gasteiger partial charge in [-0.15, -0.1) is 0 Å². The van der Waals surface area contributed by atoms with Gasteiger partial charge in [-0.2, -0.15) is 0 Å². The molecule has 0 bridgehead atoms. The van der Waals surface area contributed by atoms with E-state index in [1.165, 1.54) is 12.0 Å². The largest absolute Gasteiger partial charge is 0.508 e. The molecule has 18 heavy (non-hydrogen) atoms. The summed E-state index contributed by atoms with van der Waals surface area (Å²) in [5.41, 5.74) is 1.29. The van der Waals surface area contributed by atoms with Crippen molar-refractivity contribution >= 4 is 0 Å². The predicted octanol–water partition coefficient (Wildman–Crippen LogP) is 3.74. The van der Waals surface area contributed by atoms with Crippen LogP contribution in [0, 0.1) is 5.92 Å². The van der Waals surface area contributed by atoms with Crippen molar-refractivity contribution in [2.24, 2.45) is 5.92 Å². The van der Waals surface area contributed by atoms with E-state index in [1.54, 1.807) is 12.1 Å².